The Bertz CT molecular complexity index is 703. The molecule has 1 aliphatic rings. The summed E-state index contributed by atoms with van der Waals surface area (Å²) in [5.41, 5.74) is -0.576. The van der Waals surface area contributed by atoms with Crippen LogP contribution in [0, 0.1) is 5.92 Å². The Kier molecular flexibility index (Phi) is 5.70. The molecular formula is C15H22ClN3O4S. The van der Waals surface area contributed by atoms with Gasteiger partial charge in [-0.15, -0.1) is 0 Å². The fourth-order valence-corrected chi connectivity index (χ4v) is 4.34. The van der Waals surface area contributed by atoms with Crippen LogP contribution in [0.4, 0.5) is 4.79 Å². The minimum absolute atomic E-state index is 0.0837. The van der Waals surface area contributed by atoms with E-state index in [4.69, 9.17) is 16.3 Å². The van der Waals surface area contributed by atoms with Crippen molar-refractivity contribution in [3.05, 3.63) is 17.5 Å². The zero-order chi connectivity index (χ0) is 18.0. The average Bonchev–Trinajstić information content (AvgIpc) is 2.45. The first kappa shape index (κ1) is 18.9. The van der Waals surface area contributed by atoms with E-state index in [9.17, 15) is 13.2 Å². The van der Waals surface area contributed by atoms with Crippen molar-refractivity contribution in [2.75, 3.05) is 18.8 Å². The summed E-state index contributed by atoms with van der Waals surface area (Å²) in [6.07, 6.45) is 2.38. The molecule has 1 atom stereocenters. The minimum Gasteiger partial charge on any atom is -0.444 e. The molecule has 1 unspecified atom stereocenters. The molecule has 0 aromatic carbocycles. The number of carbonyl (C=O) groups is 1. The zero-order valence-corrected chi connectivity index (χ0v) is 15.6. The number of nitrogens with zero attached hydrogens (tertiary/aromatic N) is 3. The van der Waals surface area contributed by atoms with Gasteiger partial charge >= 0.3 is 6.09 Å². The van der Waals surface area contributed by atoms with Gasteiger partial charge in [0.2, 0.25) is 5.28 Å². The average molecular weight is 376 g/mol. The maximum absolute atomic E-state index is 12.5. The van der Waals surface area contributed by atoms with Crippen molar-refractivity contribution < 1.29 is 17.9 Å². The van der Waals surface area contributed by atoms with E-state index in [1.807, 2.05) is 0 Å². The predicted molar refractivity (Wildman–Crippen MR) is 89.6 cm³/mol. The summed E-state index contributed by atoms with van der Waals surface area (Å²) in [6.45, 7) is 6.33. The predicted octanol–water partition coefficient (Wildman–Crippen LogP) is 2.55. The normalized spacial score (nSPS) is 19.2. The van der Waals surface area contributed by atoms with E-state index in [0.717, 1.165) is 12.8 Å². The van der Waals surface area contributed by atoms with E-state index < -0.39 is 21.5 Å². The molecule has 1 fully saturated rings. The van der Waals surface area contributed by atoms with Gasteiger partial charge in [0.1, 0.15) is 5.60 Å². The number of ether oxygens (including phenoxy) is 1. The molecule has 1 amide bonds. The zero-order valence-electron chi connectivity index (χ0n) is 14.0. The van der Waals surface area contributed by atoms with Crippen LogP contribution < -0.4 is 0 Å². The molecule has 1 aromatic heterocycles. The Morgan fingerprint density at radius 1 is 1.46 bits per heavy atom. The lowest BCUT2D eigenvalue weighted by Gasteiger charge is -2.33. The molecule has 1 saturated heterocycles. The van der Waals surface area contributed by atoms with Crippen molar-refractivity contribution in [2.45, 2.75) is 44.2 Å². The van der Waals surface area contributed by atoms with Gasteiger partial charge in [-0.05, 0) is 57.2 Å². The van der Waals surface area contributed by atoms with Gasteiger partial charge in [-0.3, -0.25) is 0 Å². The smallest absolute Gasteiger partial charge is 0.410 e. The first-order chi connectivity index (χ1) is 11.1. The molecule has 24 heavy (non-hydrogen) atoms. The number of carbonyl (C=O) groups excluding carboxylic acids is 1. The fraction of sp³-hybridized carbons (Fsp3) is 0.667. The number of sulfone groups is 1. The maximum Gasteiger partial charge on any atom is 0.410 e. The van der Waals surface area contributed by atoms with Crippen LogP contribution in [0.15, 0.2) is 17.3 Å². The van der Waals surface area contributed by atoms with Gasteiger partial charge in [0.15, 0.2) is 14.9 Å². The number of piperidine rings is 1. The lowest BCUT2D eigenvalue weighted by molar-refractivity contribution is 0.0176. The standard InChI is InChI=1S/C15H22ClN3O4S/c1-15(2,3)23-14(20)19-8-4-5-11(9-19)10-24(21,22)12-6-7-17-13(16)18-12/h6-7,11H,4-5,8-10H2,1-3H3. The monoisotopic (exact) mass is 375 g/mol. The Balaban J connectivity index is 2.03. The molecule has 134 valence electrons. The van der Waals surface area contributed by atoms with Crippen LogP contribution in [-0.4, -0.2) is 53.8 Å². The summed E-state index contributed by atoms with van der Waals surface area (Å²) in [5, 5.41) is -0.188. The molecule has 0 saturated carbocycles. The van der Waals surface area contributed by atoms with Gasteiger partial charge in [-0.1, -0.05) is 0 Å². The van der Waals surface area contributed by atoms with Crippen LogP contribution in [0.3, 0.4) is 0 Å². The SMILES string of the molecule is CC(C)(C)OC(=O)N1CCCC(CS(=O)(=O)c2ccnc(Cl)n2)C1. The van der Waals surface area contributed by atoms with E-state index in [-0.39, 0.29) is 22.0 Å². The van der Waals surface area contributed by atoms with Crippen LogP contribution >= 0.6 is 11.6 Å². The summed E-state index contributed by atoms with van der Waals surface area (Å²) >= 11 is 5.66. The number of rotatable bonds is 3. The molecule has 2 rings (SSSR count). The summed E-state index contributed by atoms with van der Waals surface area (Å²) in [5.74, 6) is -0.246. The van der Waals surface area contributed by atoms with E-state index >= 15 is 0 Å². The van der Waals surface area contributed by atoms with Crippen molar-refractivity contribution in [3.8, 4) is 0 Å². The molecule has 0 N–H and O–H groups in total. The minimum atomic E-state index is -3.58. The first-order valence-electron chi connectivity index (χ1n) is 7.76. The highest BCUT2D eigenvalue weighted by Crippen LogP contribution is 2.23. The Morgan fingerprint density at radius 3 is 2.79 bits per heavy atom. The number of hydrogen-bond acceptors (Lipinski definition) is 6. The van der Waals surface area contributed by atoms with Crippen molar-refractivity contribution in [2.24, 2.45) is 5.92 Å². The lowest BCUT2D eigenvalue weighted by Crippen LogP contribution is -2.44. The highest BCUT2D eigenvalue weighted by atomic mass is 35.5. The van der Waals surface area contributed by atoms with Gasteiger partial charge in [-0.25, -0.2) is 23.2 Å². The van der Waals surface area contributed by atoms with Gasteiger partial charge < -0.3 is 9.64 Å². The molecular weight excluding hydrogens is 354 g/mol. The Morgan fingerprint density at radius 2 is 2.17 bits per heavy atom. The van der Waals surface area contributed by atoms with Gasteiger partial charge in [0, 0.05) is 19.3 Å². The second kappa shape index (κ2) is 7.23. The van der Waals surface area contributed by atoms with Crippen LogP contribution in [-0.2, 0) is 14.6 Å². The summed E-state index contributed by atoms with van der Waals surface area (Å²) in [6, 6.07) is 1.33. The van der Waals surface area contributed by atoms with E-state index in [0.29, 0.717) is 13.1 Å². The Labute approximate surface area is 147 Å². The summed E-state index contributed by atoms with van der Waals surface area (Å²) in [4.78, 5) is 21.2. The lowest BCUT2D eigenvalue weighted by atomic mass is 10.0. The third-order valence-corrected chi connectivity index (χ3v) is 5.50. The molecule has 0 bridgehead atoms. The van der Waals surface area contributed by atoms with Crippen LogP contribution in [0.5, 0.6) is 0 Å². The number of halogens is 1. The highest BCUT2D eigenvalue weighted by Gasteiger charge is 2.31. The topological polar surface area (TPSA) is 89.5 Å². The molecule has 0 spiro atoms. The molecule has 0 aliphatic carbocycles. The molecule has 1 aromatic rings. The number of likely N-dealkylation sites (tertiary alicyclic amines) is 1. The van der Waals surface area contributed by atoms with Crippen LogP contribution in [0.25, 0.3) is 0 Å². The van der Waals surface area contributed by atoms with Crippen molar-refractivity contribution in [1.29, 1.82) is 0 Å². The first-order valence-corrected chi connectivity index (χ1v) is 9.79. The summed E-state index contributed by atoms with van der Waals surface area (Å²) < 4.78 is 30.3. The van der Waals surface area contributed by atoms with E-state index in [2.05, 4.69) is 9.97 Å². The van der Waals surface area contributed by atoms with E-state index in [1.165, 1.54) is 12.3 Å². The largest absolute Gasteiger partial charge is 0.444 e. The van der Waals surface area contributed by atoms with Gasteiger partial charge in [0.05, 0.1) is 5.75 Å². The molecule has 1 aliphatic heterocycles. The quantitative estimate of drug-likeness (QED) is 0.595. The summed E-state index contributed by atoms with van der Waals surface area (Å²) in [7, 11) is -3.58. The van der Waals surface area contributed by atoms with Crippen molar-refractivity contribution in [1.82, 2.24) is 14.9 Å². The van der Waals surface area contributed by atoms with Crippen molar-refractivity contribution in [3.63, 3.8) is 0 Å². The van der Waals surface area contributed by atoms with E-state index in [1.54, 1.807) is 25.7 Å². The van der Waals surface area contributed by atoms with Gasteiger partial charge in [0.25, 0.3) is 0 Å². The molecule has 9 heteroatoms. The second-order valence-corrected chi connectivity index (χ2v) is 9.20. The third-order valence-electron chi connectivity index (χ3n) is 3.55. The number of amides is 1. The molecule has 2 heterocycles. The molecule has 0 radical (unpaired) electrons. The second-order valence-electron chi connectivity index (χ2n) is 6.88. The molecule has 7 nitrogen and oxygen atoms in total. The van der Waals surface area contributed by atoms with Crippen LogP contribution in [0.2, 0.25) is 5.28 Å². The highest BCUT2D eigenvalue weighted by molar-refractivity contribution is 7.91. The fourth-order valence-electron chi connectivity index (χ4n) is 2.58. The van der Waals surface area contributed by atoms with Crippen LogP contribution in [0.1, 0.15) is 33.6 Å². The Hall–Kier alpha value is -1.41. The number of aromatic nitrogens is 2. The van der Waals surface area contributed by atoms with Gasteiger partial charge in [-0.2, -0.15) is 0 Å². The third kappa shape index (κ3) is 5.31. The van der Waals surface area contributed by atoms with Crippen molar-refractivity contribution >= 4 is 27.5 Å². The number of hydrogen-bond donors (Lipinski definition) is 0. The maximum atomic E-state index is 12.5.